The van der Waals surface area contributed by atoms with Gasteiger partial charge in [0.2, 0.25) is 0 Å². The van der Waals surface area contributed by atoms with Gasteiger partial charge in [0.15, 0.2) is 5.82 Å². The summed E-state index contributed by atoms with van der Waals surface area (Å²) in [6.45, 7) is 1.37. The number of tetrazole rings is 1. The number of aromatic nitrogens is 4. The van der Waals surface area contributed by atoms with E-state index in [9.17, 15) is 0 Å². The second-order valence-electron chi connectivity index (χ2n) is 3.99. The average Bonchev–Trinajstić information content (AvgIpc) is 2.67. The fourth-order valence-corrected chi connectivity index (χ4v) is 2.13. The molecule has 0 radical (unpaired) electrons. The van der Waals surface area contributed by atoms with Crippen molar-refractivity contribution in [1.29, 1.82) is 0 Å². The zero-order valence-electron chi connectivity index (χ0n) is 8.39. The standard InChI is InChI=1S/C9H17N5/c10-6-9-11-12-13-14(9)7-8-4-2-1-3-5-8/h8H,1-7,10H2. The molecule has 0 bridgehead atoms. The van der Waals surface area contributed by atoms with Gasteiger partial charge in [-0.05, 0) is 29.2 Å². The zero-order valence-corrected chi connectivity index (χ0v) is 8.39. The van der Waals surface area contributed by atoms with E-state index >= 15 is 0 Å². The van der Waals surface area contributed by atoms with Crippen LogP contribution in [0.15, 0.2) is 0 Å². The summed E-state index contributed by atoms with van der Waals surface area (Å²) < 4.78 is 1.86. The predicted molar refractivity (Wildman–Crippen MR) is 52.3 cm³/mol. The Morgan fingerprint density at radius 1 is 1.29 bits per heavy atom. The zero-order chi connectivity index (χ0) is 9.80. The second kappa shape index (κ2) is 4.50. The van der Waals surface area contributed by atoms with Crippen LogP contribution in [0.2, 0.25) is 0 Å². The Kier molecular flexibility index (Phi) is 3.08. The molecule has 1 aromatic rings. The number of nitrogens with two attached hydrogens (primary N) is 1. The van der Waals surface area contributed by atoms with Gasteiger partial charge in [-0.25, -0.2) is 4.68 Å². The lowest BCUT2D eigenvalue weighted by molar-refractivity contribution is 0.302. The highest BCUT2D eigenvalue weighted by molar-refractivity contribution is 4.79. The first kappa shape index (κ1) is 9.58. The van der Waals surface area contributed by atoms with Gasteiger partial charge in [0.1, 0.15) is 0 Å². The molecule has 78 valence electrons. The van der Waals surface area contributed by atoms with E-state index in [0.29, 0.717) is 6.54 Å². The summed E-state index contributed by atoms with van der Waals surface area (Å²) in [5, 5.41) is 11.5. The van der Waals surface area contributed by atoms with Crippen LogP contribution < -0.4 is 5.73 Å². The lowest BCUT2D eigenvalue weighted by atomic mass is 9.89. The maximum atomic E-state index is 5.54. The molecule has 0 atom stereocenters. The maximum Gasteiger partial charge on any atom is 0.164 e. The molecule has 0 aromatic carbocycles. The Hall–Kier alpha value is -0.970. The quantitative estimate of drug-likeness (QED) is 0.771. The first-order chi connectivity index (χ1) is 6.90. The van der Waals surface area contributed by atoms with E-state index in [0.717, 1.165) is 18.3 Å². The monoisotopic (exact) mass is 195 g/mol. The van der Waals surface area contributed by atoms with Gasteiger partial charge >= 0.3 is 0 Å². The highest BCUT2D eigenvalue weighted by Gasteiger charge is 2.15. The Morgan fingerprint density at radius 3 is 2.79 bits per heavy atom. The van der Waals surface area contributed by atoms with Crippen LogP contribution in [0.4, 0.5) is 0 Å². The van der Waals surface area contributed by atoms with Crippen molar-refractivity contribution in [2.75, 3.05) is 0 Å². The Morgan fingerprint density at radius 2 is 2.07 bits per heavy atom. The van der Waals surface area contributed by atoms with Gasteiger partial charge in [-0.2, -0.15) is 0 Å². The third-order valence-electron chi connectivity index (χ3n) is 2.94. The summed E-state index contributed by atoms with van der Waals surface area (Å²) >= 11 is 0. The van der Waals surface area contributed by atoms with Crippen molar-refractivity contribution in [3.05, 3.63) is 5.82 Å². The van der Waals surface area contributed by atoms with Crippen molar-refractivity contribution in [3.8, 4) is 0 Å². The van der Waals surface area contributed by atoms with Gasteiger partial charge in [-0.15, -0.1) is 5.10 Å². The molecular formula is C9H17N5. The summed E-state index contributed by atoms with van der Waals surface area (Å²) in [4.78, 5) is 0. The third kappa shape index (κ3) is 2.09. The molecule has 1 saturated carbocycles. The average molecular weight is 195 g/mol. The fraction of sp³-hybridized carbons (Fsp3) is 0.889. The molecule has 0 saturated heterocycles. The van der Waals surface area contributed by atoms with Gasteiger partial charge in [-0.3, -0.25) is 0 Å². The summed E-state index contributed by atoms with van der Waals surface area (Å²) in [6.07, 6.45) is 6.71. The molecule has 2 rings (SSSR count). The number of hydrogen-bond donors (Lipinski definition) is 1. The molecule has 1 aliphatic rings. The molecule has 1 aromatic heterocycles. The maximum absolute atomic E-state index is 5.54. The smallest absolute Gasteiger partial charge is 0.164 e. The van der Waals surface area contributed by atoms with Crippen molar-refractivity contribution >= 4 is 0 Å². The minimum Gasteiger partial charge on any atom is -0.324 e. The van der Waals surface area contributed by atoms with Crippen LogP contribution in [0.3, 0.4) is 0 Å². The summed E-state index contributed by atoms with van der Waals surface area (Å²) in [5.74, 6) is 1.55. The first-order valence-electron chi connectivity index (χ1n) is 5.35. The normalized spacial score (nSPS) is 18.6. The number of hydrogen-bond acceptors (Lipinski definition) is 4. The van der Waals surface area contributed by atoms with Crippen molar-refractivity contribution in [3.63, 3.8) is 0 Å². The molecule has 2 N–H and O–H groups in total. The van der Waals surface area contributed by atoms with Crippen molar-refractivity contribution in [2.24, 2.45) is 11.7 Å². The van der Waals surface area contributed by atoms with E-state index in [1.807, 2.05) is 4.68 Å². The summed E-state index contributed by atoms with van der Waals surface area (Å²) in [7, 11) is 0. The molecule has 0 unspecified atom stereocenters. The van der Waals surface area contributed by atoms with Crippen LogP contribution in [0, 0.1) is 5.92 Å². The van der Waals surface area contributed by atoms with Gasteiger partial charge in [0.05, 0.1) is 6.54 Å². The molecule has 14 heavy (non-hydrogen) atoms. The predicted octanol–water partition coefficient (Wildman–Crippen LogP) is 0.712. The molecule has 5 nitrogen and oxygen atoms in total. The lowest BCUT2D eigenvalue weighted by Gasteiger charge is -2.21. The van der Waals surface area contributed by atoms with E-state index in [-0.39, 0.29) is 0 Å². The van der Waals surface area contributed by atoms with E-state index in [1.165, 1.54) is 32.1 Å². The summed E-state index contributed by atoms with van der Waals surface area (Å²) in [6, 6.07) is 0. The molecule has 1 fully saturated rings. The molecule has 0 aliphatic heterocycles. The van der Waals surface area contributed by atoms with Gasteiger partial charge in [0.25, 0.3) is 0 Å². The van der Waals surface area contributed by atoms with Gasteiger partial charge < -0.3 is 5.73 Å². The molecule has 1 heterocycles. The number of nitrogens with zero attached hydrogens (tertiary/aromatic N) is 4. The summed E-state index contributed by atoms with van der Waals surface area (Å²) in [5.41, 5.74) is 5.54. The van der Waals surface area contributed by atoms with Crippen LogP contribution >= 0.6 is 0 Å². The van der Waals surface area contributed by atoms with E-state index in [4.69, 9.17) is 5.73 Å². The van der Waals surface area contributed by atoms with E-state index < -0.39 is 0 Å². The fourth-order valence-electron chi connectivity index (χ4n) is 2.13. The first-order valence-corrected chi connectivity index (χ1v) is 5.35. The highest BCUT2D eigenvalue weighted by Crippen LogP contribution is 2.24. The van der Waals surface area contributed by atoms with E-state index in [1.54, 1.807) is 0 Å². The number of rotatable bonds is 3. The van der Waals surface area contributed by atoms with Crippen LogP contribution in [-0.2, 0) is 13.1 Å². The Labute approximate surface area is 83.7 Å². The minimum absolute atomic E-state index is 0.430. The highest BCUT2D eigenvalue weighted by atomic mass is 15.5. The molecular weight excluding hydrogens is 178 g/mol. The SMILES string of the molecule is NCc1nnnn1CC1CCCCC1. The van der Waals surface area contributed by atoms with Gasteiger partial charge in [0, 0.05) is 6.54 Å². The Bertz CT molecular complexity index is 276. The van der Waals surface area contributed by atoms with Crippen molar-refractivity contribution in [2.45, 2.75) is 45.2 Å². The van der Waals surface area contributed by atoms with Gasteiger partial charge in [-0.1, -0.05) is 19.3 Å². The topological polar surface area (TPSA) is 69.6 Å². The van der Waals surface area contributed by atoms with Crippen molar-refractivity contribution in [1.82, 2.24) is 20.2 Å². The lowest BCUT2D eigenvalue weighted by Crippen LogP contribution is -2.18. The van der Waals surface area contributed by atoms with Crippen LogP contribution in [-0.4, -0.2) is 20.2 Å². The Balaban J connectivity index is 1.95. The van der Waals surface area contributed by atoms with Crippen LogP contribution in [0.5, 0.6) is 0 Å². The van der Waals surface area contributed by atoms with E-state index in [2.05, 4.69) is 15.5 Å². The second-order valence-corrected chi connectivity index (χ2v) is 3.99. The largest absolute Gasteiger partial charge is 0.324 e. The van der Waals surface area contributed by atoms with Crippen molar-refractivity contribution < 1.29 is 0 Å². The minimum atomic E-state index is 0.430. The molecule has 0 amide bonds. The van der Waals surface area contributed by atoms with Crippen LogP contribution in [0.25, 0.3) is 0 Å². The van der Waals surface area contributed by atoms with Crippen LogP contribution in [0.1, 0.15) is 37.9 Å². The molecule has 1 aliphatic carbocycles. The molecule has 0 spiro atoms. The molecule has 5 heteroatoms. The third-order valence-corrected chi connectivity index (χ3v) is 2.94.